The summed E-state index contributed by atoms with van der Waals surface area (Å²) in [6, 6.07) is 5.80. The van der Waals surface area contributed by atoms with Crippen molar-refractivity contribution in [3.05, 3.63) is 47.0 Å². The van der Waals surface area contributed by atoms with Crippen LogP contribution < -0.4 is 10.6 Å². The van der Waals surface area contributed by atoms with Gasteiger partial charge in [-0.05, 0) is 49.9 Å². The number of hydrogen-bond donors (Lipinski definition) is 2. The van der Waals surface area contributed by atoms with Crippen LogP contribution in [0, 0.1) is 12.8 Å². The van der Waals surface area contributed by atoms with Gasteiger partial charge in [-0.2, -0.15) is 0 Å². The molecule has 1 aromatic heterocycles. The van der Waals surface area contributed by atoms with Crippen LogP contribution in [0.5, 0.6) is 0 Å². The molecule has 9 nitrogen and oxygen atoms in total. The van der Waals surface area contributed by atoms with Crippen LogP contribution in [0.1, 0.15) is 44.6 Å². The van der Waals surface area contributed by atoms with E-state index in [0.717, 1.165) is 12.1 Å². The molecule has 0 unspecified atom stereocenters. The van der Waals surface area contributed by atoms with Crippen molar-refractivity contribution >= 4 is 35.3 Å². The fourth-order valence-corrected chi connectivity index (χ4v) is 4.77. The van der Waals surface area contributed by atoms with E-state index in [0.29, 0.717) is 49.0 Å². The van der Waals surface area contributed by atoms with Gasteiger partial charge in [-0.1, -0.05) is 31.9 Å². The van der Waals surface area contributed by atoms with E-state index >= 15 is 0 Å². The Labute approximate surface area is 204 Å². The first-order valence-electron chi connectivity index (χ1n) is 11.7. The second-order valence-corrected chi connectivity index (χ2v) is 9.50. The minimum Gasteiger partial charge on any atom is -0.341 e. The Morgan fingerprint density at radius 1 is 1.21 bits per heavy atom. The van der Waals surface area contributed by atoms with Crippen molar-refractivity contribution in [2.75, 3.05) is 18.4 Å². The molecule has 1 fully saturated rings. The molecule has 0 aliphatic carbocycles. The van der Waals surface area contributed by atoms with Crippen LogP contribution in [-0.2, 0) is 11.3 Å². The molecule has 2 aliphatic rings. The largest absolute Gasteiger partial charge is 0.341 e. The highest BCUT2D eigenvalue weighted by atomic mass is 35.5. The van der Waals surface area contributed by atoms with Crippen LogP contribution in [0.25, 0.3) is 0 Å². The Morgan fingerprint density at radius 3 is 2.50 bits per heavy atom. The average molecular weight is 487 g/mol. The first-order chi connectivity index (χ1) is 16.3. The number of anilines is 1. The zero-order chi connectivity index (χ0) is 24.4. The predicted molar refractivity (Wildman–Crippen MR) is 130 cm³/mol. The van der Waals surface area contributed by atoms with E-state index in [1.54, 1.807) is 35.0 Å². The van der Waals surface area contributed by atoms with Crippen LogP contribution in [-0.4, -0.2) is 62.5 Å². The zero-order valence-electron chi connectivity index (χ0n) is 19.8. The third-order valence-corrected chi connectivity index (χ3v) is 7.12. The first-order valence-corrected chi connectivity index (χ1v) is 12.1. The number of nitrogens with zero attached hydrogens (tertiary/aromatic N) is 4. The molecule has 4 amide bonds. The normalized spacial score (nSPS) is 17.9. The molecule has 0 radical (unpaired) electrons. The average Bonchev–Trinajstić information content (AvgIpc) is 3.37. The lowest BCUT2D eigenvalue weighted by atomic mass is 9.96. The van der Waals surface area contributed by atoms with Gasteiger partial charge in [0.05, 0.1) is 18.4 Å². The van der Waals surface area contributed by atoms with Crippen LogP contribution in [0.15, 0.2) is 30.5 Å². The number of piperidine rings is 1. The van der Waals surface area contributed by atoms with Gasteiger partial charge in [-0.3, -0.25) is 9.36 Å². The minimum absolute atomic E-state index is 0.0253. The second-order valence-electron chi connectivity index (χ2n) is 9.07. The van der Waals surface area contributed by atoms with E-state index in [1.807, 2.05) is 30.6 Å². The summed E-state index contributed by atoms with van der Waals surface area (Å²) >= 11 is 5.90. The van der Waals surface area contributed by atoms with Crippen molar-refractivity contribution in [1.82, 2.24) is 24.7 Å². The van der Waals surface area contributed by atoms with Gasteiger partial charge in [-0.25, -0.2) is 14.6 Å². The third kappa shape index (κ3) is 4.89. The molecule has 3 heterocycles. The molecule has 2 aromatic rings. The highest BCUT2D eigenvalue weighted by Gasteiger charge is 2.38. The summed E-state index contributed by atoms with van der Waals surface area (Å²) in [6.45, 7) is 7.45. The van der Waals surface area contributed by atoms with Crippen LogP contribution in [0.2, 0.25) is 5.02 Å². The number of halogens is 1. The zero-order valence-corrected chi connectivity index (χ0v) is 20.5. The minimum atomic E-state index is -0.628. The van der Waals surface area contributed by atoms with Gasteiger partial charge in [0, 0.05) is 29.8 Å². The van der Waals surface area contributed by atoms with Crippen molar-refractivity contribution in [1.29, 1.82) is 0 Å². The Balaban J connectivity index is 1.35. The molecule has 2 atom stereocenters. The summed E-state index contributed by atoms with van der Waals surface area (Å²) in [7, 11) is 0. The van der Waals surface area contributed by atoms with Gasteiger partial charge in [0.2, 0.25) is 5.91 Å². The number of carbonyl (C=O) groups is 3. The molecule has 1 saturated heterocycles. The molecular formula is C24H31ClN6O3. The first kappa shape index (κ1) is 24.1. The number of aromatic nitrogens is 2. The Kier molecular flexibility index (Phi) is 7.11. The molecule has 10 heteroatoms. The van der Waals surface area contributed by atoms with Crippen molar-refractivity contribution in [2.45, 2.75) is 58.7 Å². The summed E-state index contributed by atoms with van der Waals surface area (Å²) < 4.78 is 1.67. The number of fused-ring (bicyclic) bond motifs is 1. The second kappa shape index (κ2) is 10.0. The lowest BCUT2D eigenvalue weighted by molar-refractivity contribution is -0.135. The molecule has 2 aliphatic heterocycles. The Morgan fingerprint density at radius 2 is 1.88 bits per heavy atom. The van der Waals surface area contributed by atoms with Crippen LogP contribution in [0.3, 0.4) is 0 Å². The van der Waals surface area contributed by atoms with Crippen molar-refractivity contribution < 1.29 is 14.4 Å². The number of likely N-dealkylation sites (tertiary alicyclic amines) is 1. The molecular weight excluding hydrogens is 456 g/mol. The Bertz CT molecular complexity index is 1060. The van der Waals surface area contributed by atoms with E-state index in [1.165, 1.54) is 0 Å². The van der Waals surface area contributed by atoms with Gasteiger partial charge >= 0.3 is 12.1 Å². The summed E-state index contributed by atoms with van der Waals surface area (Å²) in [5, 5.41) is 6.21. The van der Waals surface area contributed by atoms with E-state index in [2.05, 4.69) is 15.6 Å². The standard InChI is InChI=1S/C24H31ClN6O3/c1-4-15(2)21(28-23(33)27-18-7-5-17(25)6-8-18)22(32)29-11-9-19(10-12-29)30-14-20-13-26-16(3)31(20)24(30)34/h5-8,13,15,19,21H,4,9-12,14H2,1-3H3,(H2,27,28,33)/t15-,21+/m0/s1. The van der Waals surface area contributed by atoms with Crippen LogP contribution in [0.4, 0.5) is 15.3 Å². The van der Waals surface area contributed by atoms with Gasteiger partial charge in [-0.15, -0.1) is 0 Å². The highest BCUT2D eigenvalue weighted by molar-refractivity contribution is 6.30. The molecule has 1 aromatic carbocycles. The topological polar surface area (TPSA) is 99.6 Å². The maximum absolute atomic E-state index is 13.4. The van der Waals surface area contributed by atoms with E-state index in [9.17, 15) is 14.4 Å². The number of benzene rings is 1. The van der Waals surface area contributed by atoms with E-state index in [-0.39, 0.29) is 23.9 Å². The van der Waals surface area contributed by atoms with Gasteiger partial charge < -0.3 is 20.4 Å². The number of nitrogens with one attached hydrogen (secondary N) is 2. The fraction of sp³-hybridized carbons (Fsp3) is 0.500. The highest BCUT2D eigenvalue weighted by Crippen LogP contribution is 2.26. The Hall–Kier alpha value is -3.07. The van der Waals surface area contributed by atoms with Crippen LogP contribution >= 0.6 is 11.6 Å². The number of rotatable bonds is 6. The quantitative estimate of drug-likeness (QED) is 0.647. The number of urea groups is 1. The predicted octanol–water partition coefficient (Wildman–Crippen LogP) is 3.86. The van der Waals surface area contributed by atoms with Crippen molar-refractivity contribution in [2.24, 2.45) is 5.92 Å². The number of amides is 4. The fourth-order valence-electron chi connectivity index (χ4n) is 4.64. The molecule has 0 saturated carbocycles. The lowest BCUT2D eigenvalue weighted by Crippen LogP contribution is -2.55. The summed E-state index contributed by atoms with van der Waals surface area (Å²) in [5.41, 5.74) is 1.51. The number of hydrogen-bond acceptors (Lipinski definition) is 4. The third-order valence-electron chi connectivity index (χ3n) is 6.87. The lowest BCUT2D eigenvalue weighted by Gasteiger charge is -2.38. The van der Waals surface area contributed by atoms with Crippen molar-refractivity contribution in [3.8, 4) is 0 Å². The maximum atomic E-state index is 13.4. The number of aryl methyl sites for hydroxylation is 1. The summed E-state index contributed by atoms with van der Waals surface area (Å²) in [5.74, 6) is 0.593. The molecule has 182 valence electrons. The SMILES string of the molecule is CC[C@H](C)[C@@H](NC(=O)Nc1ccc(Cl)cc1)C(=O)N1CCC(N2Cc3cnc(C)n3C2=O)CC1. The molecule has 0 bridgehead atoms. The summed E-state index contributed by atoms with van der Waals surface area (Å²) in [6.07, 6.45) is 3.92. The number of imidazole rings is 1. The summed E-state index contributed by atoms with van der Waals surface area (Å²) in [4.78, 5) is 46.7. The van der Waals surface area contributed by atoms with E-state index < -0.39 is 12.1 Å². The van der Waals surface area contributed by atoms with Gasteiger partial charge in [0.15, 0.2) is 0 Å². The van der Waals surface area contributed by atoms with Gasteiger partial charge in [0.25, 0.3) is 0 Å². The molecule has 2 N–H and O–H groups in total. The number of carbonyl (C=O) groups excluding carboxylic acids is 3. The maximum Gasteiger partial charge on any atom is 0.330 e. The van der Waals surface area contributed by atoms with Gasteiger partial charge in [0.1, 0.15) is 11.9 Å². The van der Waals surface area contributed by atoms with E-state index in [4.69, 9.17) is 11.6 Å². The molecule has 4 rings (SSSR count). The monoisotopic (exact) mass is 486 g/mol. The molecule has 34 heavy (non-hydrogen) atoms. The molecule has 0 spiro atoms. The smallest absolute Gasteiger partial charge is 0.330 e. The van der Waals surface area contributed by atoms with Crippen molar-refractivity contribution in [3.63, 3.8) is 0 Å².